The fourth-order valence-electron chi connectivity index (χ4n) is 4.29. The molecule has 1 aromatic heterocycles. The van der Waals surface area contributed by atoms with Crippen LogP contribution in [0.5, 0.6) is 0 Å². The van der Waals surface area contributed by atoms with Crippen molar-refractivity contribution < 1.29 is 4.39 Å². The van der Waals surface area contributed by atoms with Crippen LogP contribution < -0.4 is 0 Å². The van der Waals surface area contributed by atoms with Crippen molar-refractivity contribution in [2.24, 2.45) is 0 Å². The van der Waals surface area contributed by atoms with Crippen molar-refractivity contribution >= 4 is 5.57 Å². The van der Waals surface area contributed by atoms with Crippen LogP contribution in [0.3, 0.4) is 0 Å². The lowest BCUT2D eigenvalue weighted by Gasteiger charge is -2.23. The molecule has 1 aliphatic heterocycles. The summed E-state index contributed by atoms with van der Waals surface area (Å²) in [5.74, 6) is -0.175. The van der Waals surface area contributed by atoms with Crippen molar-refractivity contribution in [3.8, 4) is 11.1 Å². The highest BCUT2D eigenvalue weighted by Gasteiger charge is 2.18. The summed E-state index contributed by atoms with van der Waals surface area (Å²) < 4.78 is 13.5. The Morgan fingerprint density at radius 2 is 1.67 bits per heavy atom. The number of rotatable bonds is 2. The summed E-state index contributed by atoms with van der Waals surface area (Å²) in [4.78, 5) is 7.48. The average molecular weight is 365 g/mol. The molecule has 27 heavy (non-hydrogen) atoms. The zero-order chi connectivity index (χ0) is 18.6. The summed E-state index contributed by atoms with van der Waals surface area (Å²) in [6.07, 6.45) is 11.9. The molecular weight excluding hydrogens is 335 g/mol. The zero-order valence-corrected chi connectivity index (χ0v) is 16.3. The molecule has 0 atom stereocenters. The summed E-state index contributed by atoms with van der Waals surface area (Å²) in [5.41, 5.74) is 7.52. The van der Waals surface area contributed by atoms with E-state index in [-0.39, 0.29) is 5.82 Å². The average Bonchev–Trinajstić information content (AvgIpc) is 2.80. The van der Waals surface area contributed by atoms with Gasteiger partial charge >= 0.3 is 0 Å². The third kappa shape index (κ3) is 4.30. The van der Waals surface area contributed by atoms with Crippen LogP contribution in [-0.2, 0) is 12.8 Å². The highest BCUT2D eigenvalue weighted by atomic mass is 19.1. The van der Waals surface area contributed by atoms with Crippen LogP contribution in [0.1, 0.15) is 55.5 Å². The van der Waals surface area contributed by atoms with Crippen molar-refractivity contribution in [2.45, 2.75) is 51.4 Å². The van der Waals surface area contributed by atoms with E-state index in [1.807, 2.05) is 12.1 Å². The van der Waals surface area contributed by atoms with Gasteiger partial charge in [-0.15, -0.1) is 0 Å². The second kappa shape index (κ2) is 8.35. The van der Waals surface area contributed by atoms with Gasteiger partial charge in [0.2, 0.25) is 0 Å². The summed E-state index contributed by atoms with van der Waals surface area (Å²) in [6.45, 7) is 2.07. The lowest BCUT2D eigenvalue weighted by atomic mass is 9.91. The maximum Gasteiger partial charge on any atom is 0.123 e. The van der Waals surface area contributed by atoms with Gasteiger partial charge in [0.05, 0.1) is 5.69 Å². The molecule has 2 nitrogen and oxygen atoms in total. The van der Waals surface area contributed by atoms with Crippen LogP contribution >= 0.6 is 0 Å². The standard InChI is InChI=1S/C24H29FN2/c1-27-15-13-19(14-16-27)24-17-22(18-9-11-20(25)12-10-18)21-7-5-3-2-4-6-8-23(21)26-24/h9-13,17H,2-8,14-16H2,1H3. The molecule has 0 radical (unpaired) electrons. The fourth-order valence-corrected chi connectivity index (χ4v) is 4.29. The maximum absolute atomic E-state index is 13.5. The summed E-state index contributed by atoms with van der Waals surface area (Å²) in [6, 6.07) is 9.26. The Morgan fingerprint density at radius 3 is 2.41 bits per heavy atom. The van der Waals surface area contributed by atoms with Crippen molar-refractivity contribution in [3.05, 3.63) is 59.2 Å². The number of hydrogen-bond donors (Lipinski definition) is 0. The number of halogens is 1. The summed E-state index contributed by atoms with van der Waals surface area (Å²) in [5, 5.41) is 0. The Morgan fingerprint density at radius 1 is 0.926 bits per heavy atom. The Hall–Kier alpha value is -2.00. The molecule has 2 aromatic rings. The molecule has 1 aromatic carbocycles. The van der Waals surface area contributed by atoms with E-state index in [9.17, 15) is 4.39 Å². The molecule has 1 aliphatic carbocycles. The van der Waals surface area contributed by atoms with Crippen LogP contribution in [0.15, 0.2) is 36.4 Å². The van der Waals surface area contributed by atoms with E-state index in [0.717, 1.165) is 43.6 Å². The minimum Gasteiger partial charge on any atom is -0.302 e. The lowest BCUT2D eigenvalue weighted by Crippen LogP contribution is -2.24. The van der Waals surface area contributed by atoms with E-state index in [1.54, 1.807) is 12.1 Å². The van der Waals surface area contributed by atoms with E-state index in [2.05, 4.69) is 24.1 Å². The lowest BCUT2D eigenvalue weighted by molar-refractivity contribution is 0.369. The van der Waals surface area contributed by atoms with Gasteiger partial charge in [0.25, 0.3) is 0 Å². The Labute approximate surface area is 162 Å². The van der Waals surface area contributed by atoms with Gasteiger partial charge in [-0.3, -0.25) is 4.98 Å². The van der Waals surface area contributed by atoms with Gasteiger partial charge < -0.3 is 4.90 Å². The van der Waals surface area contributed by atoms with Crippen molar-refractivity contribution in [1.82, 2.24) is 9.88 Å². The first-order valence-electron chi connectivity index (χ1n) is 10.4. The van der Waals surface area contributed by atoms with Gasteiger partial charge in [0.1, 0.15) is 5.82 Å². The van der Waals surface area contributed by atoms with Gasteiger partial charge in [-0.1, -0.05) is 37.5 Å². The highest BCUT2D eigenvalue weighted by molar-refractivity contribution is 5.74. The van der Waals surface area contributed by atoms with Crippen LogP contribution in [0, 0.1) is 5.82 Å². The Balaban J connectivity index is 1.82. The van der Waals surface area contributed by atoms with E-state index < -0.39 is 0 Å². The second-order valence-electron chi connectivity index (χ2n) is 8.00. The minimum absolute atomic E-state index is 0.175. The quantitative estimate of drug-likeness (QED) is 0.684. The Bertz CT molecular complexity index is 823. The molecule has 0 saturated carbocycles. The van der Waals surface area contributed by atoms with E-state index in [0.29, 0.717) is 0 Å². The number of pyridine rings is 1. The third-order valence-corrected chi connectivity index (χ3v) is 5.95. The fraction of sp³-hybridized carbons (Fsp3) is 0.458. The molecule has 0 N–H and O–H groups in total. The van der Waals surface area contributed by atoms with Gasteiger partial charge in [0.15, 0.2) is 0 Å². The van der Waals surface area contributed by atoms with Crippen LogP contribution in [0.25, 0.3) is 16.7 Å². The molecule has 142 valence electrons. The normalized spacial score (nSPS) is 18.8. The first-order valence-corrected chi connectivity index (χ1v) is 10.4. The molecule has 4 rings (SSSR count). The number of nitrogens with zero attached hydrogens (tertiary/aromatic N) is 2. The first kappa shape index (κ1) is 18.4. The monoisotopic (exact) mass is 364 g/mol. The molecule has 0 bridgehead atoms. The van der Waals surface area contributed by atoms with E-state index in [1.165, 1.54) is 54.5 Å². The van der Waals surface area contributed by atoms with Crippen LogP contribution in [-0.4, -0.2) is 30.0 Å². The first-order chi connectivity index (χ1) is 13.2. The van der Waals surface area contributed by atoms with Crippen LogP contribution in [0.2, 0.25) is 0 Å². The van der Waals surface area contributed by atoms with Crippen molar-refractivity contribution in [3.63, 3.8) is 0 Å². The number of hydrogen-bond acceptors (Lipinski definition) is 2. The molecule has 0 unspecified atom stereocenters. The second-order valence-corrected chi connectivity index (χ2v) is 8.00. The molecular formula is C24H29FN2. The summed E-state index contributed by atoms with van der Waals surface area (Å²) in [7, 11) is 2.16. The number of benzene rings is 1. The number of aromatic nitrogens is 1. The highest BCUT2D eigenvalue weighted by Crippen LogP contribution is 2.33. The minimum atomic E-state index is -0.175. The number of fused-ring (bicyclic) bond motifs is 1. The molecule has 0 fully saturated rings. The maximum atomic E-state index is 13.5. The van der Waals surface area contributed by atoms with Gasteiger partial charge in [-0.2, -0.15) is 0 Å². The zero-order valence-electron chi connectivity index (χ0n) is 16.3. The van der Waals surface area contributed by atoms with E-state index in [4.69, 9.17) is 4.98 Å². The van der Waals surface area contributed by atoms with Gasteiger partial charge in [-0.25, -0.2) is 4.39 Å². The predicted octanol–water partition coefficient (Wildman–Crippen LogP) is 5.66. The van der Waals surface area contributed by atoms with E-state index >= 15 is 0 Å². The molecule has 3 heteroatoms. The van der Waals surface area contributed by atoms with Crippen LogP contribution in [0.4, 0.5) is 4.39 Å². The Kier molecular flexibility index (Phi) is 5.68. The van der Waals surface area contributed by atoms with Gasteiger partial charge in [0, 0.05) is 18.8 Å². The van der Waals surface area contributed by atoms with Crippen molar-refractivity contribution in [2.75, 3.05) is 20.1 Å². The molecule has 2 aliphatic rings. The predicted molar refractivity (Wildman–Crippen MR) is 110 cm³/mol. The smallest absolute Gasteiger partial charge is 0.123 e. The number of likely N-dealkylation sites (N-methyl/N-ethyl adjacent to an activating group) is 1. The largest absolute Gasteiger partial charge is 0.302 e. The van der Waals surface area contributed by atoms with Gasteiger partial charge in [-0.05, 0) is 79.6 Å². The molecule has 0 saturated heterocycles. The topological polar surface area (TPSA) is 16.1 Å². The third-order valence-electron chi connectivity index (χ3n) is 5.95. The summed E-state index contributed by atoms with van der Waals surface area (Å²) >= 11 is 0. The van der Waals surface area contributed by atoms with Crippen molar-refractivity contribution in [1.29, 1.82) is 0 Å². The molecule has 0 spiro atoms. The molecule has 2 heterocycles. The number of aryl methyl sites for hydroxylation is 1. The molecule has 0 amide bonds. The SMILES string of the molecule is CN1CC=C(c2cc(-c3ccc(F)cc3)c3c(n2)CCCCCCC3)CC1.